The van der Waals surface area contributed by atoms with Crippen LogP contribution in [0.5, 0.6) is 0 Å². The predicted molar refractivity (Wildman–Crippen MR) is 150 cm³/mol. The number of benzene rings is 2. The van der Waals surface area contributed by atoms with Crippen molar-refractivity contribution >= 4 is 55.6 Å². The minimum absolute atomic E-state index is 0. The van der Waals surface area contributed by atoms with E-state index >= 15 is 0 Å². The Kier molecular flexibility index (Phi) is 13.5. The summed E-state index contributed by atoms with van der Waals surface area (Å²) in [4.78, 5) is 48.3. The number of hydrogen-bond acceptors (Lipinski definition) is 9. The summed E-state index contributed by atoms with van der Waals surface area (Å²) in [6.45, 7) is 0. The van der Waals surface area contributed by atoms with Crippen LogP contribution in [0.4, 0.5) is 5.69 Å². The van der Waals surface area contributed by atoms with Gasteiger partial charge in [0.25, 0.3) is 31.7 Å². The zero-order valence-corrected chi connectivity index (χ0v) is 31.1. The molecule has 0 radical (unpaired) electrons. The number of nitrogens with one attached hydrogen (secondary N) is 1. The molecule has 1 aliphatic rings. The van der Waals surface area contributed by atoms with Gasteiger partial charge in [0.2, 0.25) is 0 Å². The van der Waals surface area contributed by atoms with Gasteiger partial charge in [0, 0.05) is 0 Å². The third-order valence-corrected chi connectivity index (χ3v) is 7.48. The molecule has 4 rings (SSSR count). The van der Waals surface area contributed by atoms with Gasteiger partial charge in [-0.3, -0.25) is 23.8 Å². The van der Waals surface area contributed by atoms with Gasteiger partial charge in [-0.1, -0.05) is 18.2 Å². The molecule has 5 N–H and O–H groups in total. The van der Waals surface area contributed by atoms with Crippen LogP contribution < -0.4 is 113 Å². The van der Waals surface area contributed by atoms with E-state index in [-0.39, 0.29) is 128 Å². The summed E-state index contributed by atoms with van der Waals surface area (Å²) >= 11 is 0. The molecule has 1 aliphatic heterocycles. The number of H-pyrrole nitrogens is 1. The maximum absolute atomic E-state index is 12.9. The smallest absolute Gasteiger partial charge is 1.00 e. The van der Waals surface area contributed by atoms with Crippen molar-refractivity contribution < 1.29 is 156 Å². The first kappa shape index (κ1) is 39.0. The van der Waals surface area contributed by atoms with Gasteiger partial charge in [0.05, 0.1) is 32.3 Å². The Balaban J connectivity index is 0.00000529. The van der Waals surface area contributed by atoms with Crippen LogP contribution in [0.15, 0.2) is 98.1 Å². The van der Waals surface area contributed by atoms with E-state index in [1.807, 2.05) is 0 Å². The minimum atomic E-state index is -4.50. The third-order valence-electron chi connectivity index (χ3n) is 5.74. The Morgan fingerprint density at radius 1 is 0.778 bits per heavy atom. The number of allylic oxidation sites excluding steroid dienone is 4. The Morgan fingerprint density at radius 2 is 1.29 bits per heavy atom. The zero-order chi connectivity index (χ0) is 31.7. The number of aliphatic carboxylic acids is 1. The molecule has 1 amide bonds. The largest absolute Gasteiger partial charge is 1.00 e. The van der Waals surface area contributed by atoms with Crippen LogP contribution in [0.1, 0.15) is 18.9 Å². The van der Waals surface area contributed by atoms with E-state index in [4.69, 9.17) is 9.11 Å². The van der Waals surface area contributed by atoms with E-state index in [0.717, 1.165) is 58.2 Å². The summed E-state index contributed by atoms with van der Waals surface area (Å²) in [6, 6.07) is 8.62. The molecule has 0 unspecified atom stereocenters. The molecule has 2 heterocycles. The number of carbonyl (C=O) groups excluding carboxylic acids is 1. The van der Waals surface area contributed by atoms with Crippen LogP contribution in [0.2, 0.25) is 0 Å². The number of rotatable bonds is 9. The molecule has 3 aromatic rings. The minimum Gasteiger partial charge on any atom is -1.00 e. The molecule has 0 bridgehead atoms. The first-order valence-corrected chi connectivity index (χ1v) is 14.4. The van der Waals surface area contributed by atoms with Gasteiger partial charge in [-0.25, -0.2) is 14.3 Å². The van der Waals surface area contributed by atoms with Crippen LogP contribution in [-0.2, 0) is 29.8 Å². The van der Waals surface area contributed by atoms with Crippen molar-refractivity contribution in [3.63, 3.8) is 0 Å². The zero-order valence-electron chi connectivity index (χ0n) is 25.2. The number of hydrogen-bond donors (Lipinski definition) is 5. The average molecular weight is 711 g/mol. The number of aromatic amines is 1. The van der Waals surface area contributed by atoms with Crippen molar-refractivity contribution in [1.82, 2.24) is 9.78 Å². The second-order valence-corrected chi connectivity index (χ2v) is 11.3. The number of carboxylic acid groups (broad SMARTS) is 2. The second-order valence-electron chi connectivity index (χ2n) is 8.48. The first-order chi connectivity index (χ1) is 20.1. The number of anilines is 1. The number of aromatic nitrogens is 2. The van der Waals surface area contributed by atoms with E-state index in [0.29, 0.717) is 0 Å². The molecule has 45 heavy (non-hydrogen) atoms. The number of aromatic carboxylic acids is 1. The van der Waals surface area contributed by atoms with Crippen LogP contribution in [0.3, 0.4) is 0 Å². The average Bonchev–Trinajstić information content (AvgIpc) is 3.44. The molecule has 20 heteroatoms. The molecular formula is C25H20K2N4O12S2. The molecule has 0 atom stereocenters. The van der Waals surface area contributed by atoms with Crippen molar-refractivity contribution in [2.45, 2.75) is 9.79 Å². The van der Waals surface area contributed by atoms with Crippen molar-refractivity contribution in [2.75, 3.05) is 5.01 Å². The van der Waals surface area contributed by atoms with Gasteiger partial charge in [-0.15, -0.1) is 0 Å². The normalized spacial score (nSPS) is 14.4. The molecule has 0 fully saturated rings. The van der Waals surface area contributed by atoms with Crippen LogP contribution in [-0.4, -0.2) is 69.5 Å². The second kappa shape index (κ2) is 15.6. The fourth-order valence-electron chi connectivity index (χ4n) is 3.74. The number of nitrogens with zero attached hydrogens (tertiary/aromatic N) is 3. The first-order valence-electron chi connectivity index (χ1n) is 11.5. The molecule has 16 nitrogen and oxygen atoms in total. The molecule has 226 valence electrons. The summed E-state index contributed by atoms with van der Waals surface area (Å²) < 4.78 is 64.0. The quantitative estimate of drug-likeness (QED) is 0.0611. The standard InChI is InChI=1S/C25H18N4O12S2.2K.2H/c30-22-18(20(24(32)33)26-28(22)14-6-10-16(11-7-14)42(36,37)38)4-2-1-3-5-19-21(25(34)35)27-29(23(19)31)15-8-12-17(13-9-15)43(39,40)41;;;;/h1-13,26H,(H,32,33)(H,34,35)(H,36,37,38)(H,39,40,41);;;;/q;2*+1;2*-1. The van der Waals surface area contributed by atoms with Crippen molar-refractivity contribution in [1.29, 1.82) is 0 Å². The number of amides is 1. The molecule has 0 saturated carbocycles. The number of carboxylic acids is 2. The third kappa shape index (κ3) is 9.01. The Bertz CT molecular complexity index is 2070. The fourth-order valence-corrected chi connectivity index (χ4v) is 4.70. The molecule has 0 spiro atoms. The van der Waals surface area contributed by atoms with Gasteiger partial charge < -0.3 is 13.1 Å². The molecule has 2 aromatic carbocycles. The predicted octanol–water partition coefficient (Wildman–Crippen LogP) is -4.43. The fraction of sp³-hybridized carbons (Fsp3) is 0. The Labute approximate surface area is 342 Å². The summed E-state index contributed by atoms with van der Waals surface area (Å²) in [5.41, 5.74) is -2.51. The van der Waals surface area contributed by atoms with Gasteiger partial charge in [-0.2, -0.15) is 26.9 Å². The summed E-state index contributed by atoms with van der Waals surface area (Å²) in [7, 11) is -9.00. The van der Waals surface area contributed by atoms with Gasteiger partial charge in [-0.05, 0) is 60.7 Å². The van der Waals surface area contributed by atoms with E-state index in [9.17, 15) is 46.2 Å². The van der Waals surface area contributed by atoms with Gasteiger partial charge in [0.1, 0.15) is 0 Å². The van der Waals surface area contributed by atoms with Crippen LogP contribution in [0, 0.1) is 0 Å². The van der Waals surface area contributed by atoms with Crippen molar-refractivity contribution in [3.05, 3.63) is 100 Å². The summed E-state index contributed by atoms with van der Waals surface area (Å²) in [5, 5.41) is 25.9. The van der Waals surface area contributed by atoms with Crippen LogP contribution in [0.25, 0.3) is 11.8 Å². The summed E-state index contributed by atoms with van der Waals surface area (Å²) in [5.74, 6) is -3.89. The van der Waals surface area contributed by atoms with Gasteiger partial charge in [0.15, 0.2) is 11.4 Å². The van der Waals surface area contributed by atoms with Crippen molar-refractivity contribution in [3.8, 4) is 5.69 Å². The monoisotopic (exact) mass is 710 g/mol. The number of carbonyl (C=O) groups is 3. The van der Waals surface area contributed by atoms with Crippen molar-refractivity contribution in [2.24, 2.45) is 5.10 Å². The van der Waals surface area contributed by atoms with Gasteiger partial charge >= 0.3 is 115 Å². The Hall–Kier alpha value is -2.16. The van der Waals surface area contributed by atoms with E-state index in [1.54, 1.807) is 0 Å². The number of hydrazone groups is 1. The van der Waals surface area contributed by atoms with Crippen LogP contribution >= 0.6 is 0 Å². The molecule has 1 aromatic heterocycles. The Morgan fingerprint density at radius 3 is 1.76 bits per heavy atom. The maximum Gasteiger partial charge on any atom is 1.00 e. The topological polar surface area (TPSA) is 254 Å². The molecule has 0 aliphatic carbocycles. The maximum atomic E-state index is 12.9. The molecule has 0 saturated heterocycles. The van der Waals surface area contributed by atoms with E-state index in [2.05, 4.69) is 10.2 Å². The molecular weight excluding hydrogens is 691 g/mol. The van der Waals surface area contributed by atoms with E-state index < -0.39 is 64.8 Å². The summed E-state index contributed by atoms with van der Waals surface area (Å²) in [6.07, 6.45) is 5.98. The van der Waals surface area contributed by atoms with E-state index in [1.165, 1.54) is 30.4 Å². The SMILES string of the molecule is O=C(O)C1=NN(c2ccc(S(=O)(=O)O)cc2)C(=O)C1=CC=CC=Cc1c(C(=O)O)[nH]n(-c2ccc(S(=O)(=O)O)cc2)c1=O.[H-].[H-].[K+].[K+].